The molecule has 0 saturated heterocycles. The number of hydrogen-bond acceptors (Lipinski definition) is 7. The van der Waals surface area contributed by atoms with Crippen molar-refractivity contribution < 1.29 is 39.2 Å². The van der Waals surface area contributed by atoms with Crippen LogP contribution < -0.4 is 20.8 Å². The minimum atomic E-state index is -1.69. The summed E-state index contributed by atoms with van der Waals surface area (Å²) in [5, 5.41) is 27.9. The van der Waals surface area contributed by atoms with Crippen molar-refractivity contribution in [3.05, 3.63) is 38.6 Å². The summed E-state index contributed by atoms with van der Waals surface area (Å²) in [6.45, 7) is 2.96. The fourth-order valence-electron chi connectivity index (χ4n) is 2.65. The highest BCUT2D eigenvalue weighted by Gasteiger charge is 2.28. The number of carboxylic acids is 3. The minimum absolute atomic E-state index is 0.0837. The van der Waals surface area contributed by atoms with E-state index in [0.717, 1.165) is 6.07 Å². The Labute approximate surface area is 173 Å². The molecule has 0 bridgehead atoms. The molecule has 2 aromatic rings. The van der Waals surface area contributed by atoms with E-state index >= 15 is 0 Å². The summed E-state index contributed by atoms with van der Waals surface area (Å²) < 4.78 is 10.7. The van der Waals surface area contributed by atoms with Crippen LogP contribution in [0.1, 0.15) is 34.6 Å². The number of rotatable bonds is 8. The lowest BCUT2D eigenvalue weighted by molar-refractivity contribution is -0.144. The zero-order valence-corrected chi connectivity index (χ0v) is 16.4. The van der Waals surface area contributed by atoms with E-state index in [0.29, 0.717) is 0 Å². The molecule has 1 unspecified atom stereocenters. The first-order chi connectivity index (χ1) is 14.0. The van der Waals surface area contributed by atoms with Gasteiger partial charge in [-0.3, -0.25) is 4.79 Å². The smallest absolute Gasteiger partial charge is 0.344 e. The molecule has 0 amide bonds. The Balaban J connectivity index is 2.88. The van der Waals surface area contributed by atoms with Crippen molar-refractivity contribution in [2.24, 2.45) is 0 Å². The van der Waals surface area contributed by atoms with Crippen LogP contribution in [0.25, 0.3) is 11.1 Å². The van der Waals surface area contributed by atoms with Gasteiger partial charge in [-0.2, -0.15) is 0 Å². The van der Waals surface area contributed by atoms with Gasteiger partial charge in [-0.05, 0) is 31.5 Å². The van der Waals surface area contributed by atoms with Gasteiger partial charge in [0.2, 0.25) is 0 Å². The highest BCUT2D eigenvalue weighted by molar-refractivity contribution is 6.32. The molecule has 1 atom stereocenters. The normalized spacial score (nSPS) is 11.6. The van der Waals surface area contributed by atoms with Gasteiger partial charge in [-0.1, -0.05) is 11.6 Å². The second-order valence-electron chi connectivity index (χ2n) is 5.92. The van der Waals surface area contributed by atoms with E-state index in [2.05, 4.69) is 0 Å². The number of H-pyrrole nitrogens is 1. The van der Waals surface area contributed by atoms with Gasteiger partial charge in [0.1, 0.15) is 16.9 Å². The lowest BCUT2D eigenvalue weighted by Crippen LogP contribution is -2.24. The molecule has 12 heteroatoms. The van der Waals surface area contributed by atoms with Crippen LogP contribution in [-0.2, 0) is 4.79 Å². The van der Waals surface area contributed by atoms with Gasteiger partial charge in [0, 0.05) is 5.56 Å². The Bertz CT molecular complexity index is 1090. The van der Waals surface area contributed by atoms with Crippen molar-refractivity contribution >= 4 is 35.3 Å². The van der Waals surface area contributed by atoms with Gasteiger partial charge in [0.15, 0.2) is 17.6 Å². The molecule has 6 N–H and O–H groups in total. The van der Waals surface area contributed by atoms with Gasteiger partial charge in [-0.25, -0.2) is 14.4 Å². The molecule has 0 fully saturated rings. The van der Waals surface area contributed by atoms with E-state index in [4.69, 9.17) is 31.9 Å². The average Bonchev–Trinajstić information content (AvgIpc) is 2.62. The lowest BCUT2D eigenvalue weighted by atomic mass is 9.95. The number of benzene rings is 1. The molecule has 0 aliphatic rings. The van der Waals surface area contributed by atoms with Gasteiger partial charge in [0.05, 0.1) is 11.6 Å². The van der Waals surface area contributed by atoms with E-state index in [1.807, 2.05) is 4.98 Å². The van der Waals surface area contributed by atoms with Crippen molar-refractivity contribution in [1.82, 2.24) is 4.98 Å². The van der Waals surface area contributed by atoms with Gasteiger partial charge in [0.25, 0.3) is 5.56 Å². The molecule has 1 aromatic heterocycles. The molecule has 160 valence electrons. The third-order valence-electron chi connectivity index (χ3n) is 3.91. The molecule has 30 heavy (non-hydrogen) atoms. The van der Waals surface area contributed by atoms with Crippen LogP contribution in [-0.4, -0.2) is 50.9 Å². The van der Waals surface area contributed by atoms with Crippen LogP contribution >= 0.6 is 11.6 Å². The van der Waals surface area contributed by atoms with E-state index in [9.17, 15) is 29.4 Å². The molecule has 2 rings (SSSR count). The molecule has 0 aliphatic carbocycles. The van der Waals surface area contributed by atoms with Gasteiger partial charge >= 0.3 is 17.9 Å². The number of halogens is 1. The van der Waals surface area contributed by atoms with E-state index in [1.165, 1.54) is 13.0 Å². The largest absolute Gasteiger partial charge is 0.490 e. The van der Waals surface area contributed by atoms with Crippen molar-refractivity contribution in [3.8, 4) is 22.6 Å². The summed E-state index contributed by atoms with van der Waals surface area (Å²) in [5.41, 5.74) is 2.38. The second-order valence-corrected chi connectivity index (χ2v) is 6.33. The Morgan fingerprint density at radius 1 is 1.17 bits per heavy atom. The number of carboxylic acid groups (broad SMARTS) is 3. The summed E-state index contributed by atoms with van der Waals surface area (Å²) in [6, 6.07) is 2.31. The summed E-state index contributed by atoms with van der Waals surface area (Å²) in [4.78, 5) is 48.7. The summed E-state index contributed by atoms with van der Waals surface area (Å²) >= 11 is 6.20. The molecule has 11 nitrogen and oxygen atoms in total. The SMILES string of the molecule is CCOc1cc(-c2c(C(=O)O)c(N)[nH]c(=O)c2C(=O)O)cc(Cl)c1OC(C)C(=O)O. The number of nitrogens with two attached hydrogens (primary N) is 1. The van der Waals surface area contributed by atoms with E-state index < -0.39 is 52.1 Å². The van der Waals surface area contributed by atoms with Crippen LogP contribution in [0.3, 0.4) is 0 Å². The predicted octanol–water partition coefficient (Wildman–Crippen LogP) is 1.92. The molecule has 0 aliphatic heterocycles. The second kappa shape index (κ2) is 8.74. The fourth-order valence-corrected chi connectivity index (χ4v) is 2.91. The zero-order chi connectivity index (χ0) is 22.7. The molecular formula is C18H17ClN2O9. The first kappa shape index (κ1) is 22.6. The van der Waals surface area contributed by atoms with Gasteiger partial charge < -0.3 is 35.5 Å². The maximum atomic E-state index is 12.2. The maximum absolute atomic E-state index is 12.2. The number of nitrogen functional groups attached to an aromatic ring is 1. The standard InChI is InChI=1S/C18H17ClN2O9/c1-3-29-9-5-7(4-8(19)13(9)30-6(2)16(23)24)10-11(17(25)26)14(20)21-15(22)12(10)18(27)28/h4-6H,3H2,1-2H3,(H,23,24)(H,25,26)(H,27,28)(H3,20,21,22). The third kappa shape index (κ3) is 4.30. The number of aromatic nitrogens is 1. The zero-order valence-electron chi connectivity index (χ0n) is 15.7. The fraction of sp³-hybridized carbons (Fsp3) is 0.222. The molecule has 1 aromatic carbocycles. The number of pyridine rings is 1. The molecular weight excluding hydrogens is 424 g/mol. The highest BCUT2D eigenvalue weighted by Crippen LogP contribution is 2.42. The van der Waals surface area contributed by atoms with Crippen molar-refractivity contribution in [3.63, 3.8) is 0 Å². The maximum Gasteiger partial charge on any atom is 0.344 e. The summed E-state index contributed by atoms with van der Waals surface area (Å²) in [5.74, 6) is -5.34. The van der Waals surface area contributed by atoms with Crippen LogP contribution in [0.4, 0.5) is 5.82 Å². The molecule has 0 spiro atoms. The van der Waals surface area contributed by atoms with Crippen LogP contribution in [0.5, 0.6) is 11.5 Å². The van der Waals surface area contributed by atoms with Crippen LogP contribution in [0, 0.1) is 0 Å². The van der Waals surface area contributed by atoms with Crippen LogP contribution in [0.15, 0.2) is 16.9 Å². The molecule has 0 saturated carbocycles. The predicted molar refractivity (Wildman–Crippen MR) is 105 cm³/mol. The average molecular weight is 441 g/mol. The monoisotopic (exact) mass is 440 g/mol. The number of hydrogen-bond donors (Lipinski definition) is 5. The van der Waals surface area contributed by atoms with Crippen LogP contribution in [0.2, 0.25) is 5.02 Å². The number of carbonyl (C=O) groups is 3. The van der Waals surface area contributed by atoms with Crippen molar-refractivity contribution in [1.29, 1.82) is 0 Å². The lowest BCUT2D eigenvalue weighted by Gasteiger charge is -2.19. The van der Waals surface area contributed by atoms with Gasteiger partial charge in [-0.15, -0.1) is 0 Å². The summed E-state index contributed by atoms with van der Waals surface area (Å²) in [7, 11) is 0. The van der Waals surface area contributed by atoms with Crippen molar-refractivity contribution in [2.75, 3.05) is 12.3 Å². The number of aromatic amines is 1. The number of ether oxygens (including phenoxy) is 2. The minimum Gasteiger partial charge on any atom is -0.490 e. The number of nitrogens with one attached hydrogen (secondary N) is 1. The topological polar surface area (TPSA) is 189 Å². The van der Waals surface area contributed by atoms with Crippen molar-refractivity contribution in [2.45, 2.75) is 20.0 Å². The van der Waals surface area contributed by atoms with E-state index in [1.54, 1.807) is 6.92 Å². The Hall–Kier alpha value is -3.73. The Kier molecular flexibility index (Phi) is 6.57. The number of aliphatic carboxylic acids is 1. The molecule has 0 radical (unpaired) electrons. The Morgan fingerprint density at radius 3 is 2.27 bits per heavy atom. The highest BCUT2D eigenvalue weighted by atomic mass is 35.5. The summed E-state index contributed by atoms with van der Waals surface area (Å²) in [6.07, 6.45) is -1.30. The molecule has 1 heterocycles. The first-order valence-electron chi connectivity index (χ1n) is 8.38. The van der Waals surface area contributed by atoms with E-state index in [-0.39, 0.29) is 28.7 Å². The quantitative estimate of drug-likeness (QED) is 0.405. The first-order valence-corrected chi connectivity index (χ1v) is 8.75. The number of anilines is 1. The third-order valence-corrected chi connectivity index (χ3v) is 4.19. The Morgan fingerprint density at radius 2 is 1.77 bits per heavy atom. The number of aromatic carboxylic acids is 2.